The van der Waals surface area contributed by atoms with E-state index in [2.05, 4.69) is 5.32 Å². The van der Waals surface area contributed by atoms with E-state index in [0.29, 0.717) is 24.4 Å². The molecule has 0 aliphatic carbocycles. The molecule has 0 radical (unpaired) electrons. The number of esters is 1. The van der Waals surface area contributed by atoms with E-state index in [1.807, 2.05) is 18.2 Å². The van der Waals surface area contributed by atoms with E-state index in [1.165, 1.54) is 0 Å². The van der Waals surface area contributed by atoms with E-state index < -0.39 is 5.97 Å². The van der Waals surface area contributed by atoms with Gasteiger partial charge < -0.3 is 20.2 Å². The van der Waals surface area contributed by atoms with Gasteiger partial charge in [-0.3, -0.25) is 0 Å². The van der Waals surface area contributed by atoms with Crippen molar-refractivity contribution in [3.63, 3.8) is 0 Å². The Labute approximate surface area is 117 Å². The number of hydrogen-bond acceptors (Lipinski definition) is 5. The van der Waals surface area contributed by atoms with Gasteiger partial charge in [-0.2, -0.15) is 0 Å². The molecule has 1 aromatic carbocycles. The molecule has 0 saturated carbocycles. The Kier molecular flexibility index (Phi) is 4.65. The Hall–Kier alpha value is -2.43. The van der Waals surface area contributed by atoms with Crippen LogP contribution in [-0.4, -0.2) is 19.1 Å². The fourth-order valence-electron chi connectivity index (χ4n) is 1.84. The minimum Gasteiger partial charge on any atom is -0.469 e. The minimum absolute atomic E-state index is 0.328. The fraction of sp³-hybridized carbons (Fsp3) is 0.267. The van der Waals surface area contributed by atoms with Crippen LogP contribution in [0, 0.1) is 0 Å². The Balaban J connectivity index is 1.98. The van der Waals surface area contributed by atoms with Gasteiger partial charge in [0.05, 0.1) is 18.4 Å². The topological polar surface area (TPSA) is 77.5 Å². The summed E-state index contributed by atoms with van der Waals surface area (Å²) < 4.78 is 10.2. The summed E-state index contributed by atoms with van der Waals surface area (Å²) in [7, 11) is 0. The lowest BCUT2D eigenvalue weighted by Gasteiger charge is -2.09. The summed E-state index contributed by atoms with van der Waals surface area (Å²) in [6.07, 6.45) is 2.42. The third-order valence-electron chi connectivity index (χ3n) is 2.83. The molecule has 0 aliphatic heterocycles. The Morgan fingerprint density at radius 2 is 2.25 bits per heavy atom. The van der Waals surface area contributed by atoms with Gasteiger partial charge in [0.15, 0.2) is 0 Å². The van der Waals surface area contributed by atoms with Crippen LogP contribution in [-0.2, 0) is 11.2 Å². The van der Waals surface area contributed by atoms with Crippen LogP contribution >= 0.6 is 0 Å². The molecular weight excluding hydrogens is 256 g/mol. The van der Waals surface area contributed by atoms with Crippen LogP contribution in [0.25, 0.3) is 0 Å². The van der Waals surface area contributed by atoms with Crippen molar-refractivity contribution in [3.8, 4) is 0 Å². The van der Waals surface area contributed by atoms with Crippen LogP contribution in [0.1, 0.15) is 23.0 Å². The van der Waals surface area contributed by atoms with E-state index in [9.17, 15) is 4.79 Å². The number of nitrogens with one attached hydrogen (secondary N) is 1. The molecule has 0 fully saturated rings. The number of carbonyl (C=O) groups is 1. The molecule has 0 spiro atoms. The van der Waals surface area contributed by atoms with Crippen molar-refractivity contribution < 1.29 is 13.9 Å². The van der Waals surface area contributed by atoms with Gasteiger partial charge in [0.1, 0.15) is 5.76 Å². The summed E-state index contributed by atoms with van der Waals surface area (Å²) in [5.41, 5.74) is 7.41. The van der Waals surface area contributed by atoms with E-state index in [-0.39, 0.29) is 0 Å². The number of nitrogens with two attached hydrogens (primary N) is 1. The maximum atomic E-state index is 11.7. The van der Waals surface area contributed by atoms with Crippen molar-refractivity contribution in [1.82, 2.24) is 0 Å². The summed E-state index contributed by atoms with van der Waals surface area (Å²) >= 11 is 0. The Bertz CT molecular complexity index is 565. The average molecular weight is 274 g/mol. The summed E-state index contributed by atoms with van der Waals surface area (Å²) in [6.45, 7) is 2.80. The molecule has 1 heterocycles. The first-order valence-corrected chi connectivity index (χ1v) is 6.53. The van der Waals surface area contributed by atoms with Crippen LogP contribution in [0.3, 0.4) is 0 Å². The number of carbonyl (C=O) groups excluding carboxylic acids is 1. The van der Waals surface area contributed by atoms with Gasteiger partial charge in [0, 0.05) is 24.3 Å². The molecule has 0 unspecified atom stereocenters. The maximum Gasteiger partial charge on any atom is 0.340 e. The van der Waals surface area contributed by atoms with Crippen LogP contribution in [0.15, 0.2) is 41.0 Å². The highest BCUT2D eigenvalue weighted by atomic mass is 16.5. The molecule has 0 atom stereocenters. The number of rotatable bonds is 6. The van der Waals surface area contributed by atoms with E-state index >= 15 is 0 Å². The molecule has 2 rings (SSSR count). The number of furan rings is 1. The van der Waals surface area contributed by atoms with Gasteiger partial charge in [0.25, 0.3) is 0 Å². The molecule has 0 saturated heterocycles. The Morgan fingerprint density at radius 1 is 1.40 bits per heavy atom. The van der Waals surface area contributed by atoms with Crippen molar-refractivity contribution >= 4 is 17.3 Å². The summed E-state index contributed by atoms with van der Waals surface area (Å²) in [5, 5.41) is 3.22. The second-order valence-electron chi connectivity index (χ2n) is 4.28. The predicted octanol–water partition coefficient (Wildman–Crippen LogP) is 2.69. The molecule has 20 heavy (non-hydrogen) atoms. The SMILES string of the molecule is CCOC(=O)c1cc(NCCc2ccco2)ccc1N. The third-order valence-corrected chi connectivity index (χ3v) is 2.83. The first-order chi connectivity index (χ1) is 9.70. The molecule has 0 aliphatic rings. The maximum absolute atomic E-state index is 11.7. The predicted molar refractivity (Wildman–Crippen MR) is 77.7 cm³/mol. The molecule has 5 heteroatoms. The number of hydrogen-bond donors (Lipinski definition) is 2. The van der Waals surface area contributed by atoms with Crippen molar-refractivity contribution in [2.75, 3.05) is 24.2 Å². The zero-order chi connectivity index (χ0) is 14.4. The molecule has 106 valence electrons. The largest absolute Gasteiger partial charge is 0.469 e. The van der Waals surface area contributed by atoms with E-state index in [0.717, 1.165) is 17.9 Å². The molecule has 3 N–H and O–H groups in total. The van der Waals surface area contributed by atoms with E-state index in [1.54, 1.807) is 25.3 Å². The van der Waals surface area contributed by atoms with Crippen LogP contribution in [0.2, 0.25) is 0 Å². The lowest BCUT2D eigenvalue weighted by atomic mass is 10.1. The Morgan fingerprint density at radius 3 is 2.95 bits per heavy atom. The van der Waals surface area contributed by atoms with Crippen molar-refractivity contribution in [2.24, 2.45) is 0 Å². The summed E-state index contributed by atoms with van der Waals surface area (Å²) in [4.78, 5) is 11.7. The second kappa shape index (κ2) is 6.65. The monoisotopic (exact) mass is 274 g/mol. The highest BCUT2D eigenvalue weighted by Crippen LogP contribution is 2.19. The molecule has 1 aromatic heterocycles. The quantitative estimate of drug-likeness (QED) is 0.625. The van der Waals surface area contributed by atoms with Crippen molar-refractivity contribution in [1.29, 1.82) is 0 Å². The molecule has 2 aromatic rings. The highest BCUT2D eigenvalue weighted by Gasteiger charge is 2.11. The first-order valence-electron chi connectivity index (χ1n) is 6.53. The molecular formula is C15H18N2O3. The minimum atomic E-state index is -0.403. The van der Waals surface area contributed by atoms with E-state index in [4.69, 9.17) is 14.9 Å². The number of anilines is 2. The van der Waals surface area contributed by atoms with Gasteiger partial charge in [0.2, 0.25) is 0 Å². The smallest absolute Gasteiger partial charge is 0.340 e. The zero-order valence-corrected chi connectivity index (χ0v) is 11.4. The second-order valence-corrected chi connectivity index (χ2v) is 4.28. The van der Waals surface area contributed by atoms with Crippen molar-refractivity contribution in [3.05, 3.63) is 47.9 Å². The summed E-state index contributed by atoms with van der Waals surface area (Å²) in [6, 6.07) is 9.02. The van der Waals surface area contributed by atoms with Crippen LogP contribution < -0.4 is 11.1 Å². The lowest BCUT2D eigenvalue weighted by Crippen LogP contribution is -2.10. The van der Waals surface area contributed by atoms with Crippen LogP contribution in [0.5, 0.6) is 0 Å². The first kappa shape index (κ1) is 14.0. The molecule has 0 bridgehead atoms. The summed E-state index contributed by atoms with van der Waals surface area (Å²) in [5.74, 6) is 0.512. The van der Waals surface area contributed by atoms with Gasteiger partial charge in [-0.1, -0.05) is 0 Å². The normalized spacial score (nSPS) is 10.2. The fourth-order valence-corrected chi connectivity index (χ4v) is 1.84. The van der Waals surface area contributed by atoms with Crippen molar-refractivity contribution in [2.45, 2.75) is 13.3 Å². The molecule has 0 amide bonds. The third kappa shape index (κ3) is 3.54. The number of benzene rings is 1. The van der Waals surface area contributed by atoms with Gasteiger partial charge >= 0.3 is 5.97 Å². The standard InChI is InChI=1S/C15H18N2O3/c1-2-19-15(18)13-10-11(5-6-14(13)16)17-8-7-12-4-3-9-20-12/h3-6,9-10,17H,2,7-8,16H2,1H3. The number of ether oxygens (including phenoxy) is 1. The average Bonchev–Trinajstić information content (AvgIpc) is 2.94. The lowest BCUT2D eigenvalue weighted by molar-refractivity contribution is 0.0527. The molecule has 5 nitrogen and oxygen atoms in total. The number of nitrogen functional groups attached to an aromatic ring is 1. The highest BCUT2D eigenvalue weighted by molar-refractivity contribution is 5.96. The van der Waals surface area contributed by atoms with Gasteiger partial charge in [-0.25, -0.2) is 4.79 Å². The zero-order valence-electron chi connectivity index (χ0n) is 11.4. The van der Waals surface area contributed by atoms with Gasteiger partial charge in [-0.05, 0) is 37.3 Å². The van der Waals surface area contributed by atoms with Crippen LogP contribution in [0.4, 0.5) is 11.4 Å². The van der Waals surface area contributed by atoms with Gasteiger partial charge in [-0.15, -0.1) is 0 Å².